The minimum absolute atomic E-state index is 0.0421. The molecular weight excluding hydrogens is 134 g/mol. The van der Waals surface area contributed by atoms with Crippen LogP contribution < -0.4 is 22.6 Å². The van der Waals surface area contributed by atoms with Crippen LogP contribution in [0.1, 0.15) is 0 Å². The zero-order chi connectivity index (χ0) is 7.56. The minimum atomic E-state index is -0.427. The summed E-state index contributed by atoms with van der Waals surface area (Å²) in [5, 5.41) is 0. The molecule has 0 saturated heterocycles. The van der Waals surface area contributed by atoms with Gasteiger partial charge >= 0.3 is 0 Å². The molecule has 0 unspecified atom stereocenters. The first-order chi connectivity index (χ1) is 4.72. The number of nitrogens with zero attached hydrogens (tertiary/aromatic N) is 1. The molecule has 0 radical (unpaired) electrons. The van der Waals surface area contributed by atoms with Gasteiger partial charge in [-0.3, -0.25) is 4.79 Å². The van der Waals surface area contributed by atoms with E-state index in [0.29, 0.717) is 5.82 Å². The standard InChI is InChI=1S/C4H7N5O/c5-4-7-2(9-6)1-3(10)8-4/h1H,6H2,(H4,5,7,8,9,10). The molecular formula is C4H7N5O. The molecule has 0 aliphatic rings. The summed E-state index contributed by atoms with van der Waals surface area (Å²) in [5.41, 5.74) is 6.98. The molecule has 0 bridgehead atoms. The Balaban J connectivity index is 3.19. The molecule has 1 aromatic rings. The quantitative estimate of drug-likeness (QED) is 0.285. The molecule has 1 heterocycles. The van der Waals surface area contributed by atoms with Crippen molar-refractivity contribution in [2.45, 2.75) is 0 Å². The van der Waals surface area contributed by atoms with E-state index in [4.69, 9.17) is 11.6 Å². The molecule has 0 aliphatic carbocycles. The van der Waals surface area contributed by atoms with E-state index < -0.39 is 5.56 Å². The zero-order valence-electron chi connectivity index (χ0n) is 5.09. The van der Waals surface area contributed by atoms with E-state index in [1.54, 1.807) is 0 Å². The molecule has 1 rings (SSSR count). The van der Waals surface area contributed by atoms with Crippen LogP contribution in [0.15, 0.2) is 10.9 Å². The lowest BCUT2D eigenvalue weighted by molar-refractivity contribution is 1.11. The van der Waals surface area contributed by atoms with E-state index in [1.165, 1.54) is 6.07 Å². The molecule has 0 atom stereocenters. The molecule has 0 spiro atoms. The van der Waals surface area contributed by atoms with Crippen LogP contribution in [0, 0.1) is 0 Å². The molecule has 0 aliphatic heterocycles. The summed E-state index contributed by atoms with van der Waals surface area (Å²) in [6.07, 6.45) is 0. The average molecular weight is 141 g/mol. The lowest BCUT2D eigenvalue weighted by atomic mass is 10.6. The van der Waals surface area contributed by atoms with Crippen LogP contribution in [-0.2, 0) is 0 Å². The Morgan fingerprint density at radius 1 is 1.70 bits per heavy atom. The summed E-state index contributed by atoms with van der Waals surface area (Å²) in [4.78, 5) is 16.4. The van der Waals surface area contributed by atoms with E-state index in [1.807, 2.05) is 0 Å². The Kier molecular flexibility index (Phi) is 1.55. The highest BCUT2D eigenvalue weighted by Crippen LogP contribution is 1.94. The molecule has 0 fully saturated rings. The third-order valence-electron chi connectivity index (χ3n) is 0.917. The first kappa shape index (κ1) is 6.56. The third kappa shape index (κ3) is 1.23. The van der Waals surface area contributed by atoms with E-state index >= 15 is 0 Å². The van der Waals surface area contributed by atoms with E-state index in [9.17, 15) is 4.79 Å². The number of nitrogens with two attached hydrogens (primary N) is 2. The van der Waals surface area contributed by atoms with Crippen LogP contribution in [-0.4, -0.2) is 9.97 Å². The maximum absolute atomic E-state index is 10.6. The smallest absolute Gasteiger partial charge is 0.276 e. The molecule has 54 valence electrons. The van der Waals surface area contributed by atoms with Gasteiger partial charge in [0.1, 0.15) is 5.82 Å². The fourth-order valence-electron chi connectivity index (χ4n) is 0.554. The van der Waals surface area contributed by atoms with Gasteiger partial charge in [0.15, 0.2) is 0 Å². The number of hydrogen-bond acceptors (Lipinski definition) is 5. The second kappa shape index (κ2) is 2.36. The monoisotopic (exact) mass is 141 g/mol. The fraction of sp³-hybridized carbons (Fsp3) is 0. The Bertz CT molecular complexity index is 279. The van der Waals surface area contributed by atoms with Crippen LogP contribution >= 0.6 is 0 Å². The second-order valence-corrected chi connectivity index (χ2v) is 1.66. The zero-order valence-corrected chi connectivity index (χ0v) is 5.09. The van der Waals surface area contributed by atoms with Crippen molar-refractivity contribution in [2.24, 2.45) is 5.84 Å². The van der Waals surface area contributed by atoms with Crippen molar-refractivity contribution in [3.63, 3.8) is 0 Å². The number of rotatable bonds is 1. The predicted octanol–water partition coefficient (Wildman–Crippen LogP) is -1.36. The Morgan fingerprint density at radius 3 is 2.90 bits per heavy atom. The molecule has 10 heavy (non-hydrogen) atoms. The first-order valence-corrected chi connectivity index (χ1v) is 2.56. The van der Waals surface area contributed by atoms with Crippen LogP contribution in [0.4, 0.5) is 11.8 Å². The van der Waals surface area contributed by atoms with Crippen molar-refractivity contribution in [1.29, 1.82) is 0 Å². The van der Waals surface area contributed by atoms with Crippen molar-refractivity contribution in [3.8, 4) is 0 Å². The largest absolute Gasteiger partial charge is 0.369 e. The van der Waals surface area contributed by atoms with Gasteiger partial charge in [-0.15, -0.1) is 0 Å². The number of aromatic amines is 1. The SMILES string of the molecule is NNc1cc(=O)nc(N)[nH]1. The van der Waals surface area contributed by atoms with E-state index in [0.717, 1.165) is 0 Å². The van der Waals surface area contributed by atoms with Gasteiger partial charge in [-0.2, -0.15) is 4.98 Å². The number of hydrazine groups is 1. The maximum Gasteiger partial charge on any atom is 0.276 e. The maximum atomic E-state index is 10.6. The van der Waals surface area contributed by atoms with Gasteiger partial charge in [0, 0.05) is 6.07 Å². The Morgan fingerprint density at radius 2 is 2.40 bits per heavy atom. The fourth-order valence-corrected chi connectivity index (χ4v) is 0.554. The number of nitrogens with one attached hydrogen (secondary N) is 2. The lowest BCUT2D eigenvalue weighted by Crippen LogP contribution is -2.16. The highest BCUT2D eigenvalue weighted by atomic mass is 16.1. The average Bonchev–Trinajstić information content (AvgIpc) is 1.85. The van der Waals surface area contributed by atoms with Crippen LogP contribution in [0.2, 0.25) is 0 Å². The van der Waals surface area contributed by atoms with Crippen LogP contribution in [0.3, 0.4) is 0 Å². The summed E-state index contributed by atoms with van der Waals surface area (Å²) in [6, 6.07) is 1.20. The summed E-state index contributed by atoms with van der Waals surface area (Å²) in [6.45, 7) is 0. The van der Waals surface area contributed by atoms with E-state index in [2.05, 4.69) is 15.4 Å². The molecule has 6 nitrogen and oxygen atoms in total. The highest BCUT2D eigenvalue weighted by molar-refractivity contribution is 5.35. The predicted molar refractivity (Wildman–Crippen MR) is 37.1 cm³/mol. The minimum Gasteiger partial charge on any atom is -0.369 e. The van der Waals surface area contributed by atoms with Gasteiger partial charge in [-0.25, -0.2) is 5.84 Å². The number of hydrogen-bond donors (Lipinski definition) is 4. The van der Waals surface area contributed by atoms with Gasteiger partial charge in [0.05, 0.1) is 0 Å². The van der Waals surface area contributed by atoms with Crippen LogP contribution in [0.5, 0.6) is 0 Å². The number of nitrogen functional groups attached to an aromatic ring is 2. The lowest BCUT2D eigenvalue weighted by Gasteiger charge is -1.97. The summed E-state index contributed by atoms with van der Waals surface area (Å²) in [5.74, 6) is 5.37. The van der Waals surface area contributed by atoms with Gasteiger partial charge in [0.2, 0.25) is 5.95 Å². The van der Waals surface area contributed by atoms with Crippen molar-refractivity contribution in [2.75, 3.05) is 11.2 Å². The molecule has 0 amide bonds. The van der Waals surface area contributed by atoms with E-state index in [-0.39, 0.29) is 5.95 Å². The van der Waals surface area contributed by atoms with Crippen molar-refractivity contribution < 1.29 is 0 Å². The Labute approximate surface area is 56.2 Å². The van der Waals surface area contributed by atoms with Crippen LogP contribution in [0.25, 0.3) is 0 Å². The molecule has 1 aromatic heterocycles. The molecule has 6 heteroatoms. The molecule has 0 aromatic carbocycles. The van der Waals surface area contributed by atoms with Gasteiger partial charge in [-0.1, -0.05) is 0 Å². The normalized spacial score (nSPS) is 9.30. The number of anilines is 2. The number of aromatic nitrogens is 2. The first-order valence-electron chi connectivity index (χ1n) is 2.56. The summed E-state index contributed by atoms with van der Waals surface area (Å²) in [7, 11) is 0. The number of H-pyrrole nitrogens is 1. The topological polar surface area (TPSA) is 110 Å². The van der Waals surface area contributed by atoms with Crippen molar-refractivity contribution in [1.82, 2.24) is 9.97 Å². The molecule has 6 N–H and O–H groups in total. The molecule has 0 saturated carbocycles. The third-order valence-corrected chi connectivity index (χ3v) is 0.917. The summed E-state index contributed by atoms with van der Waals surface area (Å²) >= 11 is 0. The summed E-state index contributed by atoms with van der Waals surface area (Å²) < 4.78 is 0. The highest BCUT2D eigenvalue weighted by Gasteiger charge is 1.92. The van der Waals surface area contributed by atoms with Crippen molar-refractivity contribution in [3.05, 3.63) is 16.4 Å². The van der Waals surface area contributed by atoms with Gasteiger partial charge in [0.25, 0.3) is 5.56 Å². The van der Waals surface area contributed by atoms with Crippen molar-refractivity contribution >= 4 is 11.8 Å². The Hall–Kier alpha value is -1.56. The van der Waals surface area contributed by atoms with Gasteiger partial charge < -0.3 is 16.1 Å². The van der Waals surface area contributed by atoms with Gasteiger partial charge in [-0.05, 0) is 0 Å². The second-order valence-electron chi connectivity index (χ2n) is 1.66.